The first-order chi connectivity index (χ1) is 16.0. The van der Waals surface area contributed by atoms with E-state index in [0.717, 1.165) is 13.1 Å². The lowest BCUT2D eigenvalue weighted by Gasteiger charge is -2.37. The standard InChI is InChI=1S/C26H26FN5O/c1-19-5-6-20(2)24(17-19)29-13-15-31(16-14-29)26(33)23-18-28-32(22-9-7-21(27)8-10-22)25(23)30-11-3-4-12-30/h3-12,17-18H,13-16H2,1-2H3. The number of amides is 1. The number of nitrogens with zero attached hydrogens (tertiary/aromatic N) is 5. The van der Waals surface area contributed by atoms with Crippen molar-refractivity contribution in [2.45, 2.75) is 13.8 Å². The summed E-state index contributed by atoms with van der Waals surface area (Å²) in [6, 6.07) is 16.4. The van der Waals surface area contributed by atoms with Crippen LogP contribution in [0.3, 0.4) is 0 Å². The van der Waals surface area contributed by atoms with E-state index in [2.05, 4.69) is 42.0 Å². The summed E-state index contributed by atoms with van der Waals surface area (Å²) >= 11 is 0. The van der Waals surface area contributed by atoms with Gasteiger partial charge in [0.25, 0.3) is 5.91 Å². The summed E-state index contributed by atoms with van der Waals surface area (Å²) in [7, 11) is 0. The number of rotatable bonds is 4. The maximum absolute atomic E-state index is 13.6. The Bertz CT molecular complexity index is 1270. The third-order valence-electron chi connectivity index (χ3n) is 6.17. The van der Waals surface area contributed by atoms with E-state index in [0.29, 0.717) is 30.2 Å². The summed E-state index contributed by atoms with van der Waals surface area (Å²) in [5.74, 6) is 0.285. The zero-order valence-corrected chi connectivity index (χ0v) is 18.8. The van der Waals surface area contributed by atoms with Crippen molar-refractivity contribution in [3.05, 3.63) is 95.7 Å². The molecular weight excluding hydrogens is 417 g/mol. The van der Waals surface area contributed by atoms with Gasteiger partial charge in [0.2, 0.25) is 0 Å². The number of halogens is 1. The molecule has 7 heteroatoms. The van der Waals surface area contributed by atoms with E-state index in [1.165, 1.54) is 28.9 Å². The number of aryl methyl sites for hydroxylation is 2. The van der Waals surface area contributed by atoms with Crippen LogP contribution in [0.4, 0.5) is 10.1 Å². The molecule has 1 aliphatic rings. The monoisotopic (exact) mass is 443 g/mol. The summed E-state index contributed by atoms with van der Waals surface area (Å²) in [5, 5.41) is 4.49. The lowest BCUT2D eigenvalue weighted by molar-refractivity contribution is 0.0746. The molecule has 0 saturated carbocycles. The summed E-state index contributed by atoms with van der Waals surface area (Å²) in [6.07, 6.45) is 5.37. The predicted molar refractivity (Wildman–Crippen MR) is 127 cm³/mol. The molecule has 1 amide bonds. The molecule has 0 spiro atoms. The van der Waals surface area contributed by atoms with Crippen LogP contribution in [-0.4, -0.2) is 51.3 Å². The Kier molecular flexibility index (Phi) is 5.46. The predicted octanol–water partition coefficient (Wildman–Crippen LogP) is 4.38. The summed E-state index contributed by atoms with van der Waals surface area (Å²) < 4.78 is 17.0. The number of benzene rings is 2. The van der Waals surface area contributed by atoms with Crippen LogP contribution < -0.4 is 4.90 Å². The Labute approximate surface area is 192 Å². The van der Waals surface area contributed by atoms with Gasteiger partial charge in [-0.2, -0.15) is 5.10 Å². The fourth-order valence-corrected chi connectivity index (χ4v) is 4.37. The lowest BCUT2D eigenvalue weighted by atomic mass is 10.1. The van der Waals surface area contributed by atoms with Crippen molar-refractivity contribution in [3.63, 3.8) is 0 Å². The van der Waals surface area contributed by atoms with Gasteiger partial charge in [-0.3, -0.25) is 4.79 Å². The largest absolute Gasteiger partial charge is 0.368 e. The van der Waals surface area contributed by atoms with Gasteiger partial charge in [0.15, 0.2) is 5.82 Å². The third kappa shape index (κ3) is 4.02. The maximum atomic E-state index is 13.6. The molecule has 0 N–H and O–H groups in total. The Morgan fingerprint density at radius 2 is 1.64 bits per heavy atom. The van der Waals surface area contributed by atoms with Crippen LogP contribution in [-0.2, 0) is 0 Å². The molecule has 168 valence electrons. The molecule has 6 nitrogen and oxygen atoms in total. The Morgan fingerprint density at radius 3 is 2.33 bits per heavy atom. The van der Waals surface area contributed by atoms with Crippen molar-refractivity contribution in [1.29, 1.82) is 0 Å². The van der Waals surface area contributed by atoms with Gasteiger partial charge >= 0.3 is 0 Å². The van der Waals surface area contributed by atoms with E-state index in [1.807, 2.05) is 34.0 Å². The van der Waals surface area contributed by atoms with E-state index in [9.17, 15) is 9.18 Å². The van der Waals surface area contributed by atoms with Gasteiger partial charge in [-0.25, -0.2) is 9.07 Å². The highest BCUT2D eigenvalue weighted by Crippen LogP contribution is 2.25. The molecule has 0 atom stereocenters. The van der Waals surface area contributed by atoms with Gasteiger partial charge in [0, 0.05) is 44.3 Å². The summed E-state index contributed by atoms with van der Waals surface area (Å²) in [5.41, 5.74) is 4.93. The topological polar surface area (TPSA) is 46.3 Å². The first-order valence-corrected chi connectivity index (χ1v) is 11.1. The molecule has 33 heavy (non-hydrogen) atoms. The molecule has 0 unspecified atom stereocenters. The van der Waals surface area contributed by atoms with E-state index in [4.69, 9.17) is 0 Å². The molecular formula is C26H26FN5O. The van der Waals surface area contributed by atoms with Crippen LogP contribution in [0, 0.1) is 19.7 Å². The van der Waals surface area contributed by atoms with Crippen molar-refractivity contribution in [3.8, 4) is 11.5 Å². The zero-order valence-electron chi connectivity index (χ0n) is 18.8. The van der Waals surface area contributed by atoms with Crippen LogP contribution in [0.15, 0.2) is 73.2 Å². The molecule has 5 rings (SSSR count). The Balaban J connectivity index is 1.41. The number of anilines is 1. The normalized spacial score (nSPS) is 14.0. The Morgan fingerprint density at radius 1 is 0.939 bits per heavy atom. The SMILES string of the molecule is Cc1ccc(C)c(N2CCN(C(=O)c3cnn(-c4ccc(F)cc4)c3-n3cccc3)CC2)c1. The zero-order chi connectivity index (χ0) is 22.9. The molecule has 0 aliphatic carbocycles. The minimum atomic E-state index is -0.313. The molecule has 4 aromatic rings. The fraction of sp³-hybridized carbons (Fsp3) is 0.231. The second kappa shape index (κ2) is 8.58. The second-order valence-electron chi connectivity index (χ2n) is 8.43. The minimum Gasteiger partial charge on any atom is -0.368 e. The molecule has 2 aromatic heterocycles. The Hall–Kier alpha value is -3.87. The van der Waals surface area contributed by atoms with Gasteiger partial charge in [-0.1, -0.05) is 12.1 Å². The minimum absolute atomic E-state index is 0.0484. The molecule has 2 aromatic carbocycles. The van der Waals surface area contributed by atoms with Gasteiger partial charge < -0.3 is 14.4 Å². The van der Waals surface area contributed by atoms with Crippen molar-refractivity contribution >= 4 is 11.6 Å². The van der Waals surface area contributed by atoms with Gasteiger partial charge in [-0.15, -0.1) is 0 Å². The number of piperazine rings is 1. The molecule has 0 bridgehead atoms. The number of carbonyl (C=O) groups excluding carboxylic acids is 1. The summed E-state index contributed by atoms with van der Waals surface area (Å²) in [4.78, 5) is 17.8. The van der Waals surface area contributed by atoms with Crippen molar-refractivity contribution < 1.29 is 9.18 Å². The van der Waals surface area contributed by atoms with Gasteiger partial charge in [-0.05, 0) is 67.4 Å². The second-order valence-corrected chi connectivity index (χ2v) is 8.43. The van der Waals surface area contributed by atoms with Crippen molar-refractivity contribution in [2.24, 2.45) is 0 Å². The first kappa shape index (κ1) is 21.0. The molecule has 1 fully saturated rings. The van der Waals surface area contributed by atoms with Crippen molar-refractivity contribution in [1.82, 2.24) is 19.2 Å². The average Bonchev–Trinajstić information content (AvgIpc) is 3.51. The van der Waals surface area contributed by atoms with Crippen LogP contribution in [0.25, 0.3) is 11.5 Å². The highest BCUT2D eigenvalue weighted by molar-refractivity contribution is 5.97. The molecule has 0 radical (unpaired) electrons. The van der Waals surface area contributed by atoms with E-state index < -0.39 is 0 Å². The number of carbonyl (C=O) groups is 1. The van der Waals surface area contributed by atoms with Crippen LogP contribution in [0.1, 0.15) is 21.5 Å². The van der Waals surface area contributed by atoms with E-state index >= 15 is 0 Å². The highest BCUT2D eigenvalue weighted by Gasteiger charge is 2.27. The smallest absolute Gasteiger partial charge is 0.259 e. The van der Waals surface area contributed by atoms with E-state index in [-0.39, 0.29) is 11.7 Å². The van der Waals surface area contributed by atoms with Crippen LogP contribution >= 0.6 is 0 Å². The fourth-order valence-electron chi connectivity index (χ4n) is 4.37. The van der Waals surface area contributed by atoms with Gasteiger partial charge in [0.1, 0.15) is 11.4 Å². The van der Waals surface area contributed by atoms with Crippen LogP contribution in [0.2, 0.25) is 0 Å². The summed E-state index contributed by atoms with van der Waals surface area (Å²) in [6.45, 7) is 7.06. The average molecular weight is 444 g/mol. The van der Waals surface area contributed by atoms with Crippen LogP contribution in [0.5, 0.6) is 0 Å². The molecule has 1 saturated heterocycles. The number of hydrogen-bond donors (Lipinski definition) is 0. The number of aromatic nitrogens is 3. The maximum Gasteiger partial charge on any atom is 0.259 e. The highest BCUT2D eigenvalue weighted by atomic mass is 19.1. The number of hydrogen-bond acceptors (Lipinski definition) is 3. The molecule has 3 heterocycles. The van der Waals surface area contributed by atoms with Gasteiger partial charge in [0.05, 0.1) is 11.9 Å². The first-order valence-electron chi connectivity index (χ1n) is 11.1. The third-order valence-corrected chi connectivity index (χ3v) is 6.17. The van der Waals surface area contributed by atoms with E-state index in [1.54, 1.807) is 23.0 Å². The van der Waals surface area contributed by atoms with Crippen molar-refractivity contribution in [2.75, 3.05) is 31.1 Å². The molecule has 1 aliphatic heterocycles. The lowest BCUT2D eigenvalue weighted by Crippen LogP contribution is -2.49. The quantitative estimate of drug-likeness (QED) is 0.470.